The van der Waals surface area contributed by atoms with Crippen LogP contribution < -0.4 is 5.73 Å². The van der Waals surface area contributed by atoms with Gasteiger partial charge in [-0.15, -0.1) is 0 Å². The van der Waals surface area contributed by atoms with Crippen LogP contribution in [-0.4, -0.2) is 29.4 Å². The fourth-order valence-corrected chi connectivity index (χ4v) is 1.34. The van der Waals surface area contributed by atoms with E-state index in [1.807, 2.05) is 32.6 Å². The van der Waals surface area contributed by atoms with E-state index in [0.717, 1.165) is 13.0 Å². The highest BCUT2D eigenvalue weighted by atomic mass is 16.2. The minimum atomic E-state index is -0.357. The van der Waals surface area contributed by atoms with Crippen molar-refractivity contribution < 1.29 is 4.79 Å². The molecule has 0 radical (unpaired) electrons. The van der Waals surface area contributed by atoms with Crippen LogP contribution in [-0.2, 0) is 4.79 Å². The zero-order valence-electron chi connectivity index (χ0n) is 10.1. The number of nitrogens with zero attached hydrogens (tertiary/aromatic N) is 1. The highest BCUT2D eigenvalue weighted by Gasteiger charge is 2.24. The van der Waals surface area contributed by atoms with E-state index in [-0.39, 0.29) is 23.9 Å². The lowest BCUT2D eigenvalue weighted by Crippen LogP contribution is -2.49. The molecule has 0 aromatic carbocycles. The minimum Gasteiger partial charge on any atom is -0.339 e. The Kier molecular flexibility index (Phi) is 5.77. The molecule has 0 aliphatic rings. The molecule has 0 unspecified atom stereocenters. The van der Waals surface area contributed by atoms with Gasteiger partial charge in [0.25, 0.3) is 0 Å². The Morgan fingerprint density at radius 2 is 1.79 bits per heavy atom. The molecule has 0 spiro atoms. The van der Waals surface area contributed by atoms with Crippen molar-refractivity contribution >= 4 is 5.91 Å². The molecular formula is C11H24N2O. The molecule has 84 valence electrons. The Labute approximate surface area is 87.6 Å². The molecule has 14 heavy (non-hydrogen) atoms. The van der Waals surface area contributed by atoms with Crippen LogP contribution in [0.2, 0.25) is 0 Å². The van der Waals surface area contributed by atoms with E-state index >= 15 is 0 Å². The van der Waals surface area contributed by atoms with Gasteiger partial charge in [0, 0.05) is 12.6 Å². The van der Waals surface area contributed by atoms with Crippen LogP contribution in [0.15, 0.2) is 0 Å². The number of carbonyl (C=O) groups is 1. The lowest BCUT2D eigenvalue weighted by atomic mass is 10.0. The summed E-state index contributed by atoms with van der Waals surface area (Å²) in [4.78, 5) is 13.8. The van der Waals surface area contributed by atoms with Crippen molar-refractivity contribution in [3.63, 3.8) is 0 Å². The maximum atomic E-state index is 11.9. The highest BCUT2D eigenvalue weighted by molar-refractivity contribution is 5.82. The summed E-state index contributed by atoms with van der Waals surface area (Å²) in [6.07, 6.45) is 0.981. The van der Waals surface area contributed by atoms with E-state index in [9.17, 15) is 4.79 Å². The van der Waals surface area contributed by atoms with Gasteiger partial charge in [0.1, 0.15) is 0 Å². The second kappa shape index (κ2) is 6.02. The van der Waals surface area contributed by atoms with E-state index in [2.05, 4.69) is 6.92 Å². The number of rotatable bonds is 5. The van der Waals surface area contributed by atoms with Gasteiger partial charge in [0.05, 0.1) is 6.04 Å². The summed E-state index contributed by atoms with van der Waals surface area (Å²) in [5.74, 6) is 0.289. The fourth-order valence-electron chi connectivity index (χ4n) is 1.34. The lowest BCUT2D eigenvalue weighted by molar-refractivity contribution is -0.135. The molecule has 0 bridgehead atoms. The highest BCUT2D eigenvalue weighted by Crippen LogP contribution is 2.07. The Morgan fingerprint density at radius 3 is 2.07 bits per heavy atom. The predicted molar refractivity (Wildman–Crippen MR) is 60.0 cm³/mol. The molecule has 3 heteroatoms. The molecule has 1 atom stereocenters. The Morgan fingerprint density at radius 1 is 1.29 bits per heavy atom. The largest absolute Gasteiger partial charge is 0.339 e. The average molecular weight is 200 g/mol. The summed E-state index contributed by atoms with van der Waals surface area (Å²) < 4.78 is 0. The van der Waals surface area contributed by atoms with Gasteiger partial charge in [-0.25, -0.2) is 0 Å². The molecule has 2 N–H and O–H groups in total. The van der Waals surface area contributed by atoms with Crippen molar-refractivity contribution in [3.05, 3.63) is 0 Å². The monoisotopic (exact) mass is 200 g/mol. The van der Waals surface area contributed by atoms with Gasteiger partial charge in [-0.05, 0) is 26.2 Å². The molecule has 0 aromatic rings. The van der Waals surface area contributed by atoms with Gasteiger partial charge >= 0.3 is 0 Å². The number of carbonyl (C=O) groups excluding carboxylic acids is 1. The Hall–Kier alpha value is -0.570. The molecule has 0 fully saturated rings. The number of nitrogens with two attached hydrogens (primary N) is 1. The summed E-state index contributed by atoms with van der Waals surface area (Å²) in [6, 6.07) is -0.115. The zero-order chi connectivity index (χ0) is 11.3. The number of hydrogen-bond donors (Lipinski definition) is 1. The summed E-state index contributed by atoms with van der Waals surface area (Å²) >= 11 is 0. The van der Waals surface area contributed by atoms with Crippen molar-refractivity contribution in [2.24, 2.45) is 11.7 Å². The van der Waals surface area contributed by atoms with Gasteiger partial charge in [-0.1, -0.05) is 20.8 Å². The molecule has 0 rings (SSSR count). The van der Waals surface area contributed by atoms with Crippen molar-refractivity contribution in [1.29, 1.82) is 0 Å². The van der Waals surface area contributed by atoms with Crippen molar-refractivity contribution in [2.45, 2.75) is 53.1 Å². The summed E-state index contributed by atoms with van der Waals surface area (Å²) in [7, 11) is 0. The first-order valence-corrected chi connectivity index (χ1v) is 5.47. The first-order chi connectivity index (χ1) is 6.41. The van der Waals surface area contributed by atoms with E-state index in [0.29, 0.717) is 0 Å². The van der Waals surface area contributed by atoms with Crippen molar-refractivity contribution in [3.8, 4) is 0 Å². The zero-order valence-corrected chi connectivity index (χ0v) is 10.1. The third-order valence-electron chi connectivity index (χ3n) is 2.37. The summed E-state index contributed by atoms with van der Waals surface area (Å²) in [6.45, 7) is 10.9. The van der Waals surface area contributed by atoms with E-state index in [1.54, 1.807) is 0 Å². The molecule has 0 heterocycles. The van der Waals surface area contributed by atoms with Gasteiger partial charge in [-0.2, -0.15) is 0 Å². The van der Waals surface area contributed by atoms with Crippen molar-refractivity contribution in [1.82, 2.24) is 4.90 Å². The van der Waals surface area contributed by atoms with Crippen LogP contribution in [0.5, 0.6) is 0 Å². The Bertz CT molecular complexity index is 178. The predicted octanol–water partition coefficient (Wildman–Crippen LogP) is 1.62. The molecule has 0 aliphatic heterocycles. The topological polar surface area (TPSA) is 46.3 Å². The third kappa shape index (κ3) is 3.66. The minimum absolute atomic E-state index is 0.0804. The quantitative estimate of drug-likeness (QED) is 0.733. The van der Waals surface area contributed by atoms with Crippen LogP contribution in [0, 0.1) is 5.92 Å². The van der Waals surface area contributed by atoms with Crippen LogP contribution in [0.25, 0.3) is 0 Å². The maximum Gasteiger partial charge on any atom is 0.239 e. The second-order valence-electron chi connectivity index (χ2n) is 4.40. The maximum absolute atomic E-state index is 11.9. The smallest absolute Gasteiger partial charge is 0.239 e. The SMILES string of the molecule is CCCN(C(=O)[C@@H](N)C(C)C)C(C)C. The second-order valence-corrected chi connectivity index (χ2v) is 4.40. The lowest BCUT2D eigenvalue weighted by Gasteiger charge is -2.30. The van der Waals surface area contributed by atoms with Crippen LogP contribution in [0.3, 0.4) is 0 Å². The van der Waals surface area contributed by atoms with E-state index in [4.69, 9.17) is 5.73 Å². The third-order valence-corrected chi connectivity index (χ3v) is 2.37. The molecule has 0 aliphatic carbocycles. The molecule has 3 nitrogen and oxygen atoms in total. The van der Waals surface area contributed by atoms with Crippen LogP contribution in [0.4, 0.5) is 0 Å². The average Bonchev–Trinajstić information content (AvgIpc) is 2.11. The van der Waals surface area contributed by atoms with E-state index < -0.39 is 0 Å². The Balaban J connectivity index is 4.43. The molecule has 0 saturated carbocycles. The molecule has 1 amide bonds. The molecule has 0 aromatic heterocycles. The first kappa shape index (κ1) is 13.4. The summed E-state index contributed by atoms with van der Waals surface area (Å²) in [5.41, 5.74) is 5.84. The summed E-state index contributed by atoms with van der Waals surface area (Å²) in [5, 5.41) is 0. The standard InChI is InChI=1S/C11H24N2O/c1-6-7-13(9(4)5)11(14)10(12)8(2)3/h8-10H,6-7,12H2,1-5H3/t10-/m0/s1. The normalized spacial score (nSPS) is 13.4. The van der Waals surface area contributed by atoms with Gasteiger partial charge in [0.15, 0.2) is 0 Å². The van der Waals surface area contributed by atoms with Gasteiger partial charge in [-0.3, -0.25) is 4.79 Å². The molecular weight excluding hydrogens is 176 g/mol. The van der Waals surface area contributed by atoms with Crippen LogP contribution >= 0.6 is 0 Å². The number of hydrogen-bond acceptors (Lipinski definition) is 2. The van der Waals surface area contributed by atoms with E-state index in [1.165, 1.54) is 0 Å². The van der Waals surface area contributed by atoms with Crippen LogP contribution in [0.1, 0.15) is 41.0 Å². The molecule has 0 saturated heterocycles. The van der Waals surface area contributed by atoms with Gasteiger partial charge < -0.3 is 10.6 Å². The van der Waals surface area contributed by atoms with Gasteiger partial charge in [0.2, 0.25) is 5.91 Å². The fraction of sp³-hybridized carbons (Fsp3) is 0.909. The first-order valence-electron chi connectivity index (χ1n) is 5.47. The van der Waals surface area contributed by atoms with Crippen molar-refractivity contribution in [2.75, 3.05) is 6.54 Å². The number of amides is 1.